The van der Waals surface area contributed by atoms with E-state index in [9.17, 15) is 9.59 Å². The first-order valence-corrected chi connectivity index (χ1v) is 14.7. The van der Waals surface area contributed by atoms with Crippen LogP contribution in [0.1, 0.15) is 62.2 Å². The highest BCUT2D eigenvalue weighted by Crippen LogP contribution is 2.42. The lowest BCUT2D eigenvalue weighted by atomic mass is 9.84. The number of hydrogen-bond acceptors (Lipinski definition) is 8. The molecule has 1 saturated carbocycles. The number of likely N-dealkylation sites (tertiary alicyclic amines) is 1. The van der Waals surface area contributed by atoms with Gasteiger partial charge < -0.3 is 30.1 Å². The molecule has 3 aliphatic rings. The van der Waals surface area contributed by atoms with Gasteiger partial charge in [-0.3, -0.25) is 9.59 Å². The third kappa shape index (κ3) is 6.02. The van der Waals surface area contributed by atoms with Gasteiger partial charge in [-0.1, -0.05) is 18.9 Å². The summed E-state index contributed by atoms with van der Waals surface area (Å²) in [7, 11) is 5.49. The number of methoxy groups -OCH3 is 1. The summed E-state index contributed by atoms with van der Waals surface area (Å²) in [4.78, 5) is 42.4. The van der Waals surface area contributed by atoms with Crippen LogP contribution in [0.5, 0.6) is 5.75 Å². The fourth-order valence-corrected chi connectivity index (χ4v) is 6.37. The van der Waals surface area contributed by atoms with Crippen molar-refractivity contribution in [2.75, 3.05) is 56.0 Å². The molecule has 2 fully saturated rings. The van der Waals surface area contributed by atoms with E-state index >= 15 is 0 Å². The highest BCUT2D eigenvalue weighted by molar-refractivity contribution is 6.01. The number of rotatable bonds is 8. The highest BCUT2D eigenvalue weighted by atomic mass is 16.5. The zero-order valence-corrected chi connectivity index (χ0v) is 24.8. The Morgan fingerprint density at radius 1 is 1.20 bits per heavy atom. The second kappa shape index (κ2) is 12.1. The minimum atomic E-state index is -0.611. The second-order valence-electron chi connectivity index (χ2n) is 12.0. The lowest BCUT2D eigenvalue weighted by molar-refractivity contribution is -0.126. The zero-order valence-electron chi connectivity index (χ0n) is 24.8. The van der Waals surface area contributed by atoms with E-state index in [1.165, 1.54) is 12.8 Å². The first-order chi connectivity index (χ1) is 19.7. The van der Waals surface area contributed by atoms with Gasteiger partial charge in [-0.15, -0.1) is 6.58 Å². The van der Waals surface area contributed by atoms with Gasteiger partial charge in [0.1, 0.15) is 11.4 Å². The summed E-state index contributed by atoms with van der Waals surface area (Å²) in [6.45, 7) is 8.47. The van der Waals surface area contributed by atoms with Crippen LogP contribution in [0, 0.1) is 5.41 Å². The summed E-state index contributed by atoms with van der Waals surface area (Å²) in [5.41, 5.74) is 1.29. The van der Waals surface area contributed by atoms with Crippen molar-refractivity contribution >= 4 is 35.0 Å². The summed E-state index contributed by atoms with van der Waals surface area (Å²) >= 11 is 0. The average Bonchev–Trinajstić information content (AvgIpc) is 3.49. The maximum absolute atomic E-state index is 13.6. The average molecular weight is 562 g/mol. The SMILES string of the molecule is C=CCC1(C)CN(C2CCCC2)c2nc(Nc3ccc(C(=O)NC4CCN(C)CC4)cc3OC)ncc2N(C)C1=O. The van der Waals surface area contributed by atoms with Crippen LogP contribution in [0.4, 0.5) is 23.1 Å². The standard InChI is InChI=1S/C31H43N7O3/c1-6-15-31(2)20-38(23-9-7-8-10-23)27-25(37(4)29(31)40)19-32-30(35-27)34-24-12-11-21(18-26(24)41-5)28(39)33-22-13-16-36(3)17-14-22/h6,11-12,18-19,22-23H,1,7-10,13-17,20H2,2-5H3,(H,33,39)(H,32,34,35). The number of hydrogen-bond donors (Lipinski definition) is 2. The Morgan fingerprint density at radius 3 is 2.61 bits per heavy atom. The number of fused-ring (bicyclic) bond motifs is 1. The number of ether oxygens (including phenoxy) is 1. The van der Waals surface area contributed by atoms with E-state index in [-0.39, 0.29) is 17.9 Å². The van der Waals surface area contributed by atoms with Gasteiger partial charge in [-0.05, 0) is 77.4 Å². The molecule has 1 aromatic carbocycles. The van der Waals surface area contributed by atoms with Gasteiger partial charge in [-0.25, -0.2) is 4.98 Å². The molecule has 3 heterocycles. The Hall–Kier alpha value is -3.66. The Balaban J connectivity index is 1.40. The van der Waals surface area contributed by atoms with Crippen LogP contribution in [0.25, 0.3) is 0 Å². The van der Waals surface area contributed by atoms with Gasteiger partial charge in [-0.2, -0.15) is 4.98 Å². The number of carbonyl (C=O) groups excluding carboxylic acids is 2. The zero-order chi connectivity index (χ0) is 29.1. The molecule has 41 heavy (non-hydrogen) atoms. The number of benzene rings is 1. The minimum Gasteiger partial charge on any atom is -0.495 e. The van der Waals surface area contributed by atoms with Crippen molar-refractivity contribution in [2.24, 2.45) is 5.41 Å². The van der Waals surface area contributed by atoms with E-state index in [4.69, 9.17) is 9.72 Å². The molecule has 1 unspecified atom stereocenters. The number of carbonyl (C=O) groups is 2. The van der Waals surface area contributed by atoms with Gasteiger partial charge in [0.25, 0.3) is 5.91 Å². The van der Waals surface area contributed by atoms with E-state index in [1.54, 1.807) is 37.4 Å². The molecule has 1 atom stereocenters. The normalized spacial score (nSPS) is 22.3. The number of nitrogens with one attached hydrogen (secondary N) is 2. The molecular weight excluding hydrogens is 518 g/mol. The molecule has 0 bridgehead atoms. The van der Waals surface area contributed by atoms with Crippen molar-refractivity contribution in [3.05, 3.63) is 42.6 Å². The van der Waals surface area contributed by atoms with Crippen LogP contribution in [-0.4, -0.2) is 79.6 Å². The second-order valence-corrected chi connectivity index (χ2v) is 12.0. The van der Waals surface area contributed by atoms with Crippen LogP contribution in [0.3, 0.4) is 0 Å². The minimum absolute atomic E-state index is 0.0410. The van der Waals surface area contributed by atoms with Gasteiger partial charge in [0, 0.05) is 31.2 Å². The third-order valence-electron chi connectivity index (χ3n) is 8.85. The monoisotopic (exact) mass is 561 g/mol. The first kappa shape index (κ1) is 28.9. The maximum Gasteiger partial charge on any atom is 0.251 e. The molecule has 10 heteroatoms. The van der Waals surface area contributed by atoms with Gasteiger partial charge >= 0.3 is 0 Å². The van der Waals surface area contributed by atoms with E-state index in [1.807, 2.05) is 19.1 Å². The van der Waals surface area contributed by atoms with Crippen molar-refractivity contribution in [1.82, 2.24) is 20.2 Å². The smallest absolute Gasteiger partial charge is 0.251 e. The highest BCUT2D eigenvalue weighted by Gasteiger charge is 2.43. The largest absolute Gasteiger partial charge is 0.495 e. The van der Waals surface area contributed by atoms with Crippen LogP contribution in [-0.2, 0) is 4.79 Å². The molecule has 5 rings (SSSR count). The number of nitrogens with zero attached hydrogens (tertiary/aromatic N) is 5. The number of allylic oxidation sites excluding steroid dienone is 1. The van der Waals surface area contributed by atoms with Crippen molar-refractivity contribution in [2.45, 2.75) is 64.0 Å². The van der Waals surface area contributed by atoms with Gasteiger partial charge in [0.2, 0.25) is 11.9 Å². The van der Waals surface area contributed by atoms with Crippen molar-refractivity contribution in [1.29, 1.82) is 0 Å². The fraction of sp³-hybridized carbons (Fsp3) is 0.548. The Labute approximate surface area is 243 Å². The third-order valence-corrected chi connectivity index (χ3v) is 8.85. The molecule has 1 saturated heterocycles. The first-order valence-electron chi connectivity index (χ1n) is 14.7. The molecule has 1 aliphatic carbocycles. The summed E-state index contributed by atoms with van der Waals surface area (Å²) in [6, 6.07) is 5.85. The quantitative estimate of drug-likeness (QED) is 0.459. The van der Waals surface area contributed by atoms with Crippen LogP contribution >= 0.6 is 0 Å². The van der Waals surface area contributed by atoms with Gasteiger partial charge in [0.15, 0.2) is 5.82 Å². The van der Waals surface area contributed by atoms with E-state index in [2.05, 4.69) is 39.0 Å². The molecule has 0 spiro atoms. The lowest BCUT2D eigenvalue weighted by Gasteiger charge is -2.35. The topological polar surface area (TPSA) is 103 Å². The van der Waals surface area contributed by atoms with Crippen molar-refractivity contribution < 1.29 is 14.3 Å². The molecule has 10 nitrogen and oxygen atoms in total. The summed E-state index contributed by atoms with van der Waals surface area (Å²) < 4.78 is 5.66. The number of aromatic nitrogens is 2. The summed E-state index contributed by atoms with van der Waals surface area (Å²) in [5.74, 6) is 1.62. The van der Waals surface area contributed by atoms with E-state index in [0.717, 1.165) is 44.6 Å². The Kier molecular flexibility index (Phi) is 8.49. The number of piperidine rings is 1. The van der Waals surface area contributed by atoms with E-state index < -0.39 is 5.41 Å². The fourth-order valence-electron chi connectivity index (χ4n) is 6.37. The Bertz CT molecular complexity index is 1290. The molecule has 0 radical (unpaired) electrons. The Morgan fingerprint density at radius 2 is 1.93 bits per heavy atom. The molecule has 2 aliphatic heterocycles. The van der Waals surface area contributed by atoms with E-state index in [0.29, 0.717) is 47.6 Å². The molecule has 2 aromatic rings. The predicted octanol–water partition coefficient (Wildman–Crippen LogP) is 4.36. The summed E-state index contributed by atoms with van der Waals surface area (Å²) in [6.07, 6.45) is 10.5. The summed E-state index contributed by atoms with van der Waals surface area (Å²) in [5, 5.41) is 6.46. The van der Waals surface area contributed by atoms with Crippen LogP contribution < -0.4 is 25.2 Å². The predicted molar refractivity (Wildman–Crippen MR) is 162 cm³/mol. The number of anilines is 4. The molecule has 220 valence electrons. The lowest BCUT2D eigenvalue weighted by Crippen LogP contribution is -2.46. The number of amides is 2. The molecular formula is C31H43N7O3. The van der Waals surface area contributed by atoms with Crippen LogP contribution in [0.2, 0.25) is 0 Å². The van der Waals surface area contributed by atoms with Crippen molar-refractivity contribution in [3.8, 4) is 5.75 Å². The molecule has 1 aromatic heterocycles. The van der Waals surface area contributed by atoms with Crippen molar-refractivity contribution in [3.63, 3.8) is 0 Å². The molecule has 2 amide bonds. The maximum atomic E-state index is 13.6. The molecule has 2 N–H and O–H groups in total. The van der Waals surface area contributed by atoms with Crippen LogP contribution in [0.15, 0.2) is 37.1 Å². The van der Waals surface area contributed by atoms with Gasteiger partial charge in [0.05, 0.1) is 24.4 Å².